The lowest BCUT2D eigenvalue weighted by atomic mass is 9.67. The highest BCUT2D eigenvalue weighted by Gasteiger charge is 2.48. The summed E-state index contributed by atoms with van der Waals surface area (Å²) >= 11 is 0. The largest absolute Gasteiger partial charge is 0.456 e. The summed E-state index contributed by atoms with van der Waals surface area (Å²) in [4.78, 5) is 4.69. The van der Waals surface area contributed by atoms with Gasteiger partial charge in [0.15, 0.2) is 0 Å². The Morgan fingerprint density at radius 1 is 0.150 bits per heavy atom. The van der Waals surface area contributed by atoms with Crippen LogP contribution in [0.15, 0.2) is 482 Å². The molecule has 4 heteroatoms. The van der Waals surface area contributed by atoms with Crippen LogP contribution in [-0.4, -0.2) is 0 Å². The molecule has 2 aliphatic carbocycles. The number of hydrogen-bond acceptors (Lipinski definition) is 4. The van der Waals surface area contributed by atoms with Crippen molar-refractivity contribution in [2.24, 2.45) is 0 Å². The van der Waals surface area contributed by atoms with Gasteiger partial charge < -0.3 is 18.6 Å². The van der Waals surface area contributed by atoms with Gasteiger partial charge in [-0.3, -0.25) is 0 Å². The second kappa shape index (κ2) is 29.9. The van der Waals surface area contributed by atoms with Crippen molar-refractivity contribution in [1.82, 2.24) is 0 Å². The summed E-state index contributed by atoms with van der Waals surface area (Å²) in [5, 5.41) is 4.38. The molecule has 4 nitrogen and oxygen atoms in total. The molecule has 0 aliphatic heterocycles. The SMILES string of the molecule is c1ccc(-c2cccc(N(c3cccc(-c4ccccc4)c3)c3ccc4c(c3)oc3cc(C5(c6cccc(-c7ccccc7)c6)c6ccccc6-c6ccccc65)ccc34)c2)cc1.c1ccc(-c2cccc(N(c3cccc(-c4ccccc4)c3)c3ccc4c(c3)oc3cc(C5(c6ccccc6)c6ccccc6-c6ccccc65)ccc34)c2)cc1. The summed E-state index contributed by atoms with van der Waals surface area (Å²) in [5.74, 6) is 0. The normalized spacial score (nSPS) is 12.6. The zero-order chi connectivity index (χ0) is 79.5. The van der Waals surface area contributed by atoms with Crippen molar-refractivity contribution >= 4 is 78.0 Å². The Balaban J connectivity index is 0.000000145. The van der Waals surface area contributed by atoms with Crippen molar-refractivity contribution in [3.05, 3.63) is 518 Å². The van der Waals surface area contributed by atoms with E-state index in [0.29, 0.717) is 0 Å². The number of rotatable bonds is 15. The van der Waals surface area contributed by atoms with E-state index < -0.39 is 10.8 Å². The van der Waals surface area contributed by atoms with Gasteiger partial charge >= 0.3 is 0 Å². The van der Waals surface area contributed by atoms with Crippen molar-refractivity contribution in [3.8, 4) is 77.9 Å². The Labute approximate surface area is 698 Å². The van der Waals surface area contributed by atoms with Crippen LogP contribution in [0.4, 0.5) is 34.1 Å². The second-order valence-electron chi connectivity index (χ2n) is 31.3. The van der Waals surface area contributed by atoms with Gasteiger partial charge in [-0.05, 0) is 213 Å². The van der Waals surface area contributed by atoms with Gasteiger partial charge in [-0.25, -0.2) is 0 Å². The fourth-order valence-corrected chi connectivity index (χ4v) is 19.3. The maximum absolute atomic E-state index is 7.02. The molecular weight excluding hydrogens is 1450 g/mol. The molecule has 0 atom stereocenters. The molecule has 564 valence electrons. The molecule has 21 aromatic rings. The first-order valence-electron chi connectivity index (χ1n) is 41.2. The molecule has 0 fully saturated rings. The van der Waals surface area contributed by atoms with Gasteiger partial charge in [0.25, 0.3) is 0 Å². The van der Waals surface area contributed by atoms with Crippen LogP contribution >= 0.6 is 0 Å². The number of nitrogens with zero attached hydrogens (tertiary/aromatic N) is 2. The number of anilines is 6. The summed E-state index contributed by atoms with van der Waals surface area (Å²) in [5.41, 5.74) is 35.5. The van der Waals surface area contributed by atoms with Gasteiger partial charge in [-0.15, -0.1) is 0 Å². The van der Waals surface area contributed by atoms with Gasteiger partial charge in [-0.2, -0.15) is 0 Å². The Hall–Kier alpha value is -15.6. The smallest absolute Gasteiger partial charge is 0.137 e. The van der Waals surface area contributed by atoms with Crippen LogP contribution in [0.3, 0.4) is 0 Å². The van der Waals surface area contributed by atoms with Crippen molar-refractivity contribution in [2.75, 3.05) is 9.80 Å². The van der Waals surface area contributed by atoms with Gasteiger partial charge in [-0.1, -0.05) is 370 Å². The van der Waals surface area contributed by atoms with E-state index in [2.05, 4.69) is 483 Å². The second-order valence-corrected chi connectivity index (χ2v) is 31.3. The van der Waals surface area contributed by atoms with E-state index in [0.717, 1.165) is 100 Å². The molecule has 120 heavy (non-hydrogen) atoms. The van der Waals surface area contributed by atoms with Crippen molar-refractivity contribution < 1.29 is 8.83 Å². The molecule has 2 aliphatic rings. The zero-order valence-electron chi connectivity index (χ0n) is 65.7. The van der Waals surface area contributed by atoms with E-state index in [1.165, 1.54) is 100 Å². The van der Waals surface area contributed by atoms with E-state index in [1.54, 1.807) is 0 Å². The van der Waals surface area contributed by atoms with Crippen LogP contribution in [0, 0.1) is 0 Å². The first kappa shape index (κ1) is 71.0. The maximum atomic E-state index is 7.02. The number of benzene rings is 19. The highest BCUT2D eigenvalue weighted by Crippen LogP contribution is 2.59. The topological polar surface area (TPSA) is 32.8 Å². The van der Waals surface area contributed by atoms with Crippen LogP contribution < -0.4 is 9.80 Å². The lowest BCUT2D eigenvalue weighted by molar-refractivity contribution is 0.665. The molecule has 0 N–H and O–H groups in total. The third-order valence-corrected chi connectivity index (χ3v) is 24.7. The minimum absolute atomic E-state index is 0.489. The molecule has 0 unspecified atom stereocenters. The Bertz CT molecular complexity index is 7160. The molecular formula is C116H78N2O2. The first-order valence-corrected chi connectivity index (χ1v) is 41.2. The van der Waals surface area contributed by atoms with E-state index in [1.807, 2.05) is 0 Å². The van der Waals surface area contributed by atoms with Crippen molar-refractivity contribution in [3.63, 3.8) is 0 Å². The van der Waals surface area contributed by atoms with Crippen LogP contribution in [-0.2, 0) is 10.8 Å². The summed E-state index contributed by atoms with van der Waals surface area (Å²) < 4.78 is 14.0. The standard InChI is InChI=1S/C61H41NO.C55H37NO/c1-4-17-42(18-5-1)45-23-14-26-48(37-45)61(57-31-12-10-29-53(57)54-30-11-13-32-58(54)61)49-33-35-55-56-36-34-52(41-60(56)63-59(55)40-49)62(50-27-15-24-46(38-50)43-19-6-2-7-20-43)51-28-16-25-47(39-51)44-21-8-3-9-22-44;1-4-16-38(17-5-1)40-20-14-24-44(34-40)56(45-25-15-21-41(35-45)39-18-6-2-7-19-39)46-31-33-50-49-32-30-43(36-53(49)57-54(50)37-46)55(42-22-8-3-9-23-42)51-28-12-10-26-47(51)48-27-11-13-29-52(48)55/h1-41H;1-37H. The minimum Gasteiger partial charge on any atom is -0.456 e. The van der Waals surface area contributed by atoms with E-state index in [4.69, 9.17) is 8.83 Å². The minimum atomic E-state index is -0.569. The van der Waals surface area contributed by atoms with Crippen LogP contribution in [0.25, 0.3) is 122 Å². The number of fused-ring (bicyclic) bond motifs is 12. The highest BCUT2D eigenvalue weighted by atomic mass is 16.3. The van der Waals surface area contributed by atoms with Crippen LogP contribution in [0.5, 0.6) is 0 Å². The predicted molar refractivity (Wildman–Crippen MR) is 499 cm³/mol. The third-order valence-electron chi connectivity index (χ3n) is 24.7. The van der Waals surface area contributed by atoms with Gasteiger partial charge in [0.1, 0.15) is 22.3 Å². The van der Waals surface area contributed by atoms with Gasteiger partial charge in [0, 0.05) is 67.8 Å². The van der Waals surface area contributed by atoms with Crippen molar-refractivity contribution in [2.45, 2.75) is 10.8 Å². The molecule has 2 heterocycles. The Kier molecular flexibility index (Phi) is 17.7. The van der Waals surface area contributed by atoms with Crippen LogP contribution in [0.2, 0.25) is 0 Å². The lowest BCUT2D eigenvalue weighted by Crippen LogP contribution is -2.28. The number of hydrogen-bond donors (Lipinski definition) is 0. The summed E-state index contributed by atoms with van der Waals surface area (Å²) in [7, 11) is 0. The molecule has 0 bridgehead atoms. The highest BCUT2D eigenvalue weighted by molar-refractivity contribution is 6.09. The summed E-state index contributed by atoms with van der Waals surface area (Å²) in [6, 6.07) is 171. The predicted octanol–water partition coefficient (Wildman–Crippen LogP) is 31.2. The molecule has 0 saturated carbocycles. The first-order chi connectivity index (χ1) is 59.5. The lowest BCUT2D eigenvalue weighted by Gasteiger charge is -2.34. The molecule has 2 aromatic heterocycles. The molecule has 0 radical (unpaired) electrons. The van der Waals surface area contributed by atoms with Gasteiger partial charge in [0.2, 0.25) is 0 Å². The average Bonchev–Trinajstić information content (AvgIpc) is 1.53. The molecule has 0 amide bonds. The number of furan rings is 2. The quantitative estimate of drug-likeness (QED) is 0.102. The van der Waals surface area contributed by atoms with Crippen molar-refractivity contribution in [1.29, 1.82) is 0 Å². The molecule has 0 saturated heterocycles. The summed E-state index contributed by atoms with van der Waals surface area (Å²) in [6.45, 7) is 0. The Morgan fingerprint density at radius 2 is 0.375 bits per heavy atom. The molecule has 0 spiro atoms. The van der Waals surface area contributed by atoms with E-state index >= 15 is 0 Å². The zero-order valence-corrected chi connectivity index (χ0v) is 65.7. The summed E-state index contributed by atoms with van der Waals surface area (Å²) in [6.07, 6.45) is 0. The van der Waals surface area contributed by atoms with Gasteiger partial charge in [0.05, 0.1) is 10.8 Å². The molecule has 19 aromatic carbocycles. The van der Waals surface area contributed by atoms with E-state index in [9.17, 15) is 0 Å². The van der Waals surface area contributed by atoms with E-state index in [-0.39, 0.29) is 0 Å². The monoisotopic (exact) mass is 1530 g/mol. The Morgan fingerprint density at radius 3 is 0.700 bits per heavy atom. The third kappa shape index (κ3) is 12.1. The average molecular weight is 1530 g/mol. The fraction of sp³-hybridized carbons (Fsp3) is 0.0172. The maximum Gasteiger partial charge on any atom is 0.137 e. The molecule has 23 rings (SSSR count). The van der Waals surface area contributed by atoms with Crippen LogP contribution in [0.1, 0.15) is 44.5 Å². The fourth-order valence-electron chi connectivity index (χ4n) is 19.3.